The third-order valence-corrected chi connectivity index (χ3v) is 4.46. The lowest BCUT2D eigenvalue weighted by atomic mass is 9.75. The molecule has 1 aliphatic rings. The zero-order chi connectivity index (χ0) is 14.1. The van der Waals surface area contributed by atoms with Crippen molar-refractivity contribution in [2.75, 3.05) is 13.1 Å². The normalized spacial score (nSPS) is 20.5. The van der Waals surface area contributed by atoms with Crippen LogP contribution in [-0.2, 0) is 6.42 Å². The van der Waals surface area contributed by atoms with Crippen LogP contribution in [0.25, 0.3) is 0 Å². The van der Waals surface area contributed by atoms with E-state index >= 15 is 0 Å². The van der Waals surface area contributed by atoms with Crippen molar-refractivity contribution in [1.82, 2.24) is 4.90 Å². The molecule has 1 fully saturated rings. The van der Waals surface area contributed by atoms with Gasteiger partial charge >= 0.3 is 0 Å². The van der Waals surface area contributed by atoms with E-state index in [2.05, 4.69) is 32.6 Å². The molecule has 2 rings (SSSR count). The van der Waals surface area contributed by atoms with Crippen LogP contribution in [0.4, 0.5) is 4.39 Å². The molecule has 0 aliphatic carbocycles. The van der Waals surface area contributed by atoms with Crippen molar-refractivity contribution >= 4 is 0 Å². The van der Waals surface area contributed by atoms with Crippen molar-refractivity contribution < 1.29 is 4.39 Å². The van der Waals surface area contributed by atoms with E-state index in [0.29, 0.717) is 5.41 Å². The summed E-state index contributed by atoms with van der Waals surface area (Å²) < 4.78 is 12.9. The SMILES string of the molecule is CC1(Cc2ccc(F)cc2)CCN(C(C)(C)C)CC1. The van der Waals surface area contributed by atoms with Gasteiger partial charge in [0.15, 0.2) is 0 Å². The van der Waals surface area contributed by atoms with E-state index in [-0.39, 0.29) is 11.4 Å². The van der Waals surface area contributed by atoms with Gasteiger partial charge in [-0.15, -0.1) is 0 Å². The molecule has 0 aromatic heterocycles. The zero-order valence-electron chi connectivity index (χ0n) is 12.7. The maximum absolute atomic E-state index is 12.9. The summed E-state index contributed by atoms with van der Waals surface area (Å²) in [7, 11) is 0. The first-order chi connectivity index (χ1) is 8.78. The number of piperidine rings is 1. The third kappa shape index (κ3) is 3.79. The van der Waals surface area contributed by atoms with Gasteiger partial charge in [-0.3, -0.25) is 4.90 Å². The Morgan fingerprint density at radius 3 is 2.11 bits per heavy atom. The van der Waals surface area contributed by atoms with Crippen LogP contribution in [0.2, 0.25) is 0 Å². The highest BCUT2D eigenvalue weighted by atomic mass is 19.1. The van der Waals surface area contributed by atoms with Gasteiger partial charge in [-0.25, -0.2) is 4.39 Å². The topological polar surface area (TPSA) is 3.24 Å². The quantitative estimate of drug-likeness (QED) is 0.770. The van der Waals surface area contributed by atoms with E-state index < -0.39 is 0 Å². The molecule has 0 amide bonds. The first kappa shape index (κ1) is 14.5. The maximum Gasteiger partial charge on any atom is 0.123 e. The van der Waals surface area contributed by atoms with Crippen molar-refractivity contribution in [3.05, 3.63) is 35.6 Å². The predicted molar refractivity (Wildman–Crippen MR) is 78.8 cm³/mol. The van der Waals surface area contributed by atoms with Gasteiger partial charge in [0, 0.05) is 5.54 Å². The van der Waals surface area contributed by atoms with Crippen LogP contribution in [0.1, 0.15) is 46.1 Å². The number of rotatable bonds is 2. The van der Waals surface area contributed by atoms with E-state index in [4.69, 9.17) is 0 Å². The minimum Gasteiger partial charge on any atom is -0.298 e. The summed E-state index contributed by atoms with van der Waals surface area (Å²) in [6.45, 7) is 11.6. The average molecular weight is 263 g/mol. The molecule has 19 heavy (non-hydrogen) atoms. The summed E-state index contributed by atoms with van der Waals surface area (Å²) in [5.74, 6) is -0.142. The lowest BCUT2D eigenvalue weighted by Crippen LogP contribution is -2.48. The Bertz CT molecular complexity index is 408. The number of halogens is 1. The van der Waals surface area contributed by atoms with E-state index in [1.807, 2.05) is 12.1 Å². The molecule has 106 valence electrons. The molecule has 0 radical (unpaired) electrons. The highest BCUT2D eigenvalue weighted by Gasteiger charge is 2.33. The lowest BCUT2D eigenvalue weighted by molar-refractivity contribution is 0.0511. The number of hydrogen-bond acceptors (Lipinski definition) is 1. The van der Waals surface area contributed by atoms with Gasteiger partial charge < -0.3 is 0 Å². The molecule has 0 unspecified atom stereocenters. The highest BCUT2D eigenvalue weighted by molar-refractivity contribution is 5.18. The minimum atomic E-state index is -0.142. The molecule has 0 spiro atoms. The molecule has 0 saturated carbocycles. The van der Waals surface area contributed by atoms with Gasteiger partial charge in [0.25, 0.3) is 0 Å². The van der Waals surface area contributed by atoms with Crippen LogP contribution in [0.3, 0.4) is 0 Å². The largest absolute Gasteiger partial charge is 0.298 e. The fraction of sp³-hybridized carbons (Fsp3) is 0.647. The third-order valence-electron chi connectivity index (χ3n) is 4.46. The van der Waals surface area contributed by atoms with Gasteiger partial charge in [0.2, 0.25) is 0 Å². The zero-order valence-corrected chi connectivity index (χ0v) is 12.7. The van der Waals surface area contributed by atoms with Crippen molar-refractivity contribution in [2.24, 2.45) is 5.41 Å². The molecular formula is C17H26FN. The Labute approximate surface area is 116 Å². The summed E-state index contributed by atoms with van der Waals surface area (Å²) in [6, 6.07) is 7.00. The molecule has 1 saturated heterocycles. The highest BCUT2D eigenvalue weighted by Crippen LogP contribution is 2.36. The molecule has 1 aromatic rings. The minimum absolute atomic E-state index is 0.142. The summed E-state index contributed by atoms with van der Waals surface area (Å²) in [6.07, 6.45) is 3.51. The molecule has 1 heterocycles. The Balaban J connectivity index is 1.96. The Morgan fingerprint density at radius 1 is 1.11 bits per heavy atom. The fourth-order valence-corrected chi connectivity index (χ4v) is 2.99. The van der Waals surface area contributed by atoms with Crippen LogP contribution in [-0.4, -0.2) is 23.5 Å². The molecule has 1 aromatic carbocycles. The van der Waals surface area contributed by atoms with E-state index in [1.54, 1.807) is 12.1 Å². The average Bonchev–Trinajstić information content (AvgIpc) is 2.31. The molecule has 1 aliphatic heterocycles. The standard InChI is InChI=1S/C17H26FN/c1-16(2,3)19-11-9-17(4,10-12-19)13-14-5-7-15(18)8-6-14/h5-8H,9-13H2,1-4H3. The molecule has 0 N–H and O–H groups in total. The van der Waals surface area contributed by atoms with Crippen LogP contribution >= 0.6 is 0 Å². The van der Waals surface area contributed by atoms with Crippen molar-refractivity contribution in [2.45, 2.75) is 52.5 Å². The second kappa shape index (κ2) is 5.24. The number of likely N-dealkylation sites (tertiary alicyclic amines) is 1. The monoisotopic (exact) mass is 263 g/mol. The number of nitrogens with zero attached hydrogens (tertiary/aromatic N) is 1. The molecule has 2 heteroatoms. The van der Waals surface area contributed by atoms with Crippen molar-refractivity contribution in [3.8, 4) is 0 Å². The Hall–Kier alpha value is -0.890. The first-order valence-electron chi connectivity index (χ1n) is 7.28. The van der Waals surface area contributed by atoms with Gasteiger partial charge in [-0.1, -0.05) is 19.1 Å². The van der Waals surface area contributed by atoms with E-state index in [1.165, 1.54) is 31.5 Å². The maximum atomic E-state index is 12.9. The Kier molecular flexibility index (Phi) is 4.00. The Morgan fingerprint density at radius 2 is 1.63 bits per heavy atom. The fourth-order valence-electron chi connectivity index (χ4n) is 2.99. The number of hydrogen-bond donors (Lipinski definition) is 0. The van der Waals surface area contributed by atoms with Gasteiger partial charge in [0.1, 0.15) is 5.82 Å². The second-order valence-electron chi connectivity index (χ2n) is 7.27. The molecular weight excluding hydrogens is 237 g/mol. The van der Waals surface area contributed by atoms with Crippen molar-refractivity contribution in [3.63, 3.8) is 0 Å². The molecule has 1 nitrogen and oxygen atoms in total. The molecule has 0 bridgehead atoms. The summed E-state index contributed by atoms with van der Waals surface area (Å²) >= 11 is 0. The van der Waals surface area contributed by atoms with Crippen LogP contribution < -0.4 is 0 Å². The van der Waals surface area contributed by atoms with Crippen LogP contribution in [0.5, 0.6) is 0 Å². The second-order valence-corrected chi connectivity index (χ2v) is 7.27. The first-order valence-corrected chi connectivity index (χ1v) is 7.28. The summed E-state index contributed by atoms with van der Waals surface area (Å²) in [5.41, 5.74) is 1.89. The van der Waals surface area contributed by atoms with Gasteiger partial charge in [-0.2, -0.15) is 0 Å². The lowest BCUT2D eigenvalue weighted by Gasteiger charge is -2.45. The smallest absolute Gasteiger partial charge is 0.123 e. The van der Waals surface area contributed by atoms with Crippen LogP contribution in [0.15, 0.2) is 24.3 Å². The summed E-state index contributed by atoms with van der Waals surface area (Å²) in [5, 5.41) is 0. The van der Waals surface area contributed by atoms with Gasteiger partial charge in [0.05, 0.1) is 0 Å². The summed E-state index contributed by atoms with van der Waals surface area (Å²) in [4.78, 5) is 2.57. The van der Waals surface area contributed by atoms with E-state index in [9.17, 15) is 4.39 Å². The van der Waals surface area contributed by atoms with Crippen molar-refractivity contribution in [1.29, 1.82) is 0 Å². The number of benzene rings is 1. The molecule has 0 atom stereocenters. The van der Waals surface area contributed by atoms with Crippen LogP contribution in [0, 0.1) is 11.2 Å². The predicted octanol–water partition coefficient (Wildman–Crippen LogP) is 4.27. The van der Waals surface area contributed by atoms with E-state index in [0.717, 1.165) is 6.42 Å². The van der Waals surface area contributed by atoms with Gasteiger partial charge in [-0.05, 0) is 76.2 Å².